The van der Waals surface area contributed by atoms with Crippen LogP contribution in [0.4, 0.5) is 0 Å². The van der Waals surface area contributed by atoms with Crippen LogP contribution < -0.4 is 10.6 Å². The van der Waals surface area contributed by atoms with Crippen molar-refractivity contribution in [1.82, 2.24) is 15.5 Å². The van der Waals surface area contributed by atoms with E-state index in [4.69, 9.17) is 0 Å². The Bertz CT molecular complexity index is 402. The highest BCUT2D eigenvalue weighted by molar-refractivity contribution is 6.06. The first-order valence-corrected chi connectivity index (χ1v) is 7.45. The summed E-state index contributed by atoms with van der Waals surface area (Å²) in [4.78, 5) is 37.1. The highest BCUT2D eigenvalue weighted by atomic mass is 16.2. The predicted molar refractivity (Wildman–Crippen MR) is 73.8 cm³/mol. The van der Waals surface area contributed by atoms with Crippen molar-refractivity contribution in [3.05, 3.63) is 0 Å². The average molecular weight is 281 g/mol. The zero-order chi connectivity index (χ0) is 14.7. The summed E-state index contributed by atoms with van der Waals surface area (Å²) in [5.74, 6) is -0.430. The molecule has 1 atom stereocenters. The SMILES string of the molecule is CCC(CC)N1C(=O)CC(NCC(=O)NC2CC2)C1=O. The van der Waals surface area contributed by atoms with Crippen LogP contribution in [0.2, 0.25) is 0 Å². The molecule has 0 aromatic carbocycles. The summed E-state index contributed by atoms with van der Waals surface area (Å²) in [7, 11) is 0. The van der Waals surface area contributed by atoms with Gasteiger partial charge in [-0.1, -0.05) is 13.8 Å². The highest BCUT2D eigenvalue weighted by Gasteiger charge is 2.41. The van der Waals surface area contributed by atoms with E-state index in [1.807, 2.05) is 13.8 Å². The van der Waals surface area contributed by atoms with E-state index in [0.717, 1.165) is 25.7 Å². The number of hydrogen-bond donors (Lipinski definition) is 2. The molecule has 0 radical (unpaired) electrons. The van der Waals surface area contributed by atoms with Crippen LogP contribution in [-0.2, 0) is 14.4 Å². The van der Waals surface area contributed by atoms with Crippen molar-refractivity contribution < 1.29 is 14.4 Å². The lowest BCUT2D eigenvalue weighted by atomic mass is 10.1. The fourth-order valence-electron chi connectivity index (χ4n) is 2.57. The molecule has 2 fully saturated rings. The third-order valence-electron chi connectivity index (χ3n) is 3.94. The summed E-state index contributed by atoms with van der Waals surface area (Å²) in [6.07, 6.45) is 3.77. The molecule has 0 aromatic rings. The van der Waals surface area contributed by atoms with Crippen molar-refractivity contribution >= 4 is 17.7 Å². The molecule has 20 heavy (non-hydrogen) atoms. The Hall–Kier alpha value is -1.43. The van der Waals surface area contributed by atoms with Crippen molar-refractivity contribution in [3.8, 4) is 0 Å². The molecule has 1 unspecified atom stereocenters. The number of rotatable bonds is 7. The van der Waals surface area contributed by atoms with Crippen molar-refractivity contribution in [2.75, 3.05) is 6.54 Å². The Labute approximate surface area is 119 Å². The molecule has 2 N–H and O–H groups in total. The van der Waals surface area contributed by atoms with E-state index < -0.39 is 6.04 Å². The van der Waals surface area contributed by atoms with Crippen LogP contribution in [-0.4, -0.2) is 47.3 Å². The van der Waals surface area contributed by atoms with Crippen LogP contribution >= 0.6 is 0 Å². The molecule has 3 amide bonds. The molecular formula is C14H23N3O3. The fourth-order valence-corrected chi connectivity index (χ4v) is 2.57. The van der Waals surface area contributed by atoms with Crippen LogP contribution in [0, 0.1) is 0 Å². The lowest BCUT2D eigenvalue weighted by Gasteiger charge is -2.24. The molecule has 0 bridgehead atoms. The molecule has 0 spiro atoms. The lowest BCUT2D eigenvalue weighted by Crippen LogP contribution is -2.46. The van der Waals surface area contributed by atoms with E-state index in [-0.39, 0.29) is 36.7 Å². The van der Waals surface area contributed by atoms with Gasteiger partial charge in [-0.25, -0.2) is 0 Å². The zero-order valence-corrected chi connectivity index (χ0v) is 12.1. The molecule has 6 heteroatoms. The number of hydrogen-bond acceptors (Lipinski definition) is 4. The summed E-state index contributed by atoms with van der Waals surface area (Å²) in [6.45, 7) is 4.04. The summed E-state index contributed by atoms with van der Waals surface area (Å²) in [6, 6.07) is -0.263. The Morgan fingerprint density at radius 2 is 1.95 bits per heavy atom. The minimum Gasteiger partial charge on any atom is -0.352 e. The van der Waals surface area contributed by atoms with Crippen LogP contribution in [0.3, 0.4) is 0 Å². The quantitative estimate of drug-likeness (QED) is 0.652. The second kappa shape index (κ2) is 6.35. The highest BCUT2D eigenvalue weighted by Crippen LogP contribution is 2.20. The second-order valence-corrected chi connectivity index (χ2v) is 5.55. The van der Waals surface area contributed by atoms with E-state index >= 15 is 0 Å². The Morgan fingerprint density at radius 3 is 2.50 bits per heavy atom. The Kier molecular flexibility index (Phi) is 4.75. The maximum atomic E-state index is 12.2. The molecule has 0 aromatic heterocycles. The van der Waals surface area contributed by atoms with Gasteiger partial charge < -0.3 is 5.32 Å². The molecule has 112 valence electrons. The van der Waals surface area contributed by atoms with Gasteiger partial charge in [-0.05, 0) is 25.7 Å². The number of likely N-dealkylation sites (tertiary alicyclic amines) is 1. The predicted octanol–water partition coefficient (Wildman–Crippen LogP) is 0.171. The number of carbonyl (C=O) groups is 3. The van der Waals surface area contributed by atoms with Gasteiger partial charge in [-0.3, -0.25) is 24.6 Å². The van der Waals surface area contributed by atoms with Crippen molar-refractivity contribution in [2.45, 2.75) is 64.1 Å². The first kappa shape index (κ1) is 15.0. The smallest absolute Gasteiger partial charge is 0.247 e. The van der Waals surface area contributed by atoms with E-state index in [9.17, 15) is 14.4 Å². The number of carbonyl (C=O) groups excluding carboxylic acids is 3. The number of nitrogens with zero attached hydrogens (tertiary/aromatic N) is 1. The molecule has 1 aliphatic heterocycles. The Morgan fingerprint density at radius 1 is 1.30 bits per heavy atom. The molecule has 1 saturated carbocycles. The van der Waals surface area contributed by atoms with Gasteiger partial charge in [0, 0.05) is 12.1 Å². The summed E-state index contributed by atoms with van der Waals surface area (Å²) in [5.41, 5.74) is 0. The van der Waals surface area contributed by atoms with Gasteiger partial charge in [0.1, 0.15) is 0 Å². The van der Waals surface area contributed by atoms with Crippen molar-refractivity contribution in [1.29, 1.82) is 0 Å². The fraction of sp³-hybridized carbons (Fsp3) is 0.786. The average Bonchev–Trinajstić information content (AvgIpc) is 3.18. The van der Waals surface area contributed by atoms with Crippen molar-refractivity contribution in [3.63, 3.8) is 0 Å². The van der Waals surface area contributed by atoms with Gasteiger partial charge in [-0.15, -0.1) is 0 Å². The van der Waals surface area contributed by atoms with Crippen molar-refractivity contribution in [2.24, 2.45) is 0 Å². The number of amides is 3. The first-order chi connectivity index (χ1) is 9.56. The minimum absolute atomic E-state index is 0.0258. The minimum atomic E-state index is -0.548. The summed E-state index contributed by atoms with van der Waals surface area (Å²) < 4.78 is 0. The van der Waals surface area contributed by atoms with Gasteiger partial charge in [-0.2, -0.15) is 0 Å². The van der Waals surface area contributed by atoms with Gasteiger partial charge in [0.05, 0.1) is 19.0 Å². The topological polar surface area (TPSA) is 78.5 Å². The molecule has 1 heterocycles. The molecule has 1 saturated heterocycles. The van der Waals surface area contributed by atoms with Crippen LogP contribution in [0.25, 0.3) is 0 Å². The zero-order valence-electron chi connectivity index (χ0n) is 12.1. The van der Waals surface area contributed by atoms with Crippen LogP contribution in [0.5, 0.6) is 0 Å². The maximum Gasteiger partial charge on any atom is 0.247 e. The van der Waals surface area contributed by atoms with Gasteiger partial charge in [0.25, 0.3) is 0 Å². The van der Waals surface area contributed by atoms with Gasteiger partial charge in [0.15, 0.2) is 0 Å². The molecule has 2 aliphatic rings. The molecule has 6 nitrogen and oxygen atoms in total. The first-order valence-electron chi connectivity index (χ1n) is 7.45. The largest absolute Gasteiger partial charge is 0.352 e. The van der Waals surface area contributed by atoms with Gasteiger partial charge in [0.2, 0.25) is 17.7 Å². The monoisotopic (exact) mass is 281 g/mol. The standard InChI is InChI=1S/C14H23N3O3/c1-3-10(4-2)17-13(19)7-11(14(17)20)15-8-12(18)16-9-5-6-9/h9-11,15H,3-8H2,1-2H3,(H,16,18). The number of imide groups is 1. The third kappa shape index (κ3) is 3.36. The second-order valence-electron chi connectivity index (χ2n) is 5.55. The Balaban J connectivity index is 1.85. The van der Waals surface area contributed by atoms with E-state index in [1.165, 1.54) is 4.90 Å². The van der Waals surface area contributed by atoms with Crippen LogP contribution in [0.15, 0.2) is 0 Å². The normalized spacial score (nSPS) is 22.8. The molecule has 2 rings (SSSR count). The lowest BCUT2D eigenvalue weighted by molar-refractivity contribution is -0.141. The molecule has 1 aliphatic carbocycles. The summed E-state index contributed by atoms with van der Waals surface area (Å²) >= 11 is 0. The number of nitrogens with one attached hydrogen (secondary N) is 2. The van der Waals surface area contributed by atoms with E-state index in [0.29, 0.717) is 6.04 Å². The van der Waals surface area contributed by atoms with Gasteiger partial charge >= 0.3 is 0 Å². The maximum absolute atomic E-state index is 12.2. The van der Waals surface area contributed by atoms with Crippen LogP contribution in [0.1, 0.15) is 46.0 Å². The van der Waals surface area contributed by atoms with E-state index in [1.54, 1.807) is 0 Å². The third-order valence-corrected chi connectivity index (χ3v) is 3.94. The van der Waals surface area contributed by atoms with E-state index in [2.05, 4.69) is 10.6 Å². The summed E-state index contributed by atoms with van der Waals surface area (Å²) in [5, 5.41) is 5.75. The molecular weight excluding hydrogens is 258 g/mol.